The van der Waals surface area contributed by atoms with Crippen molar-refractivity contribution in [3.63, 3.8) is 0 Å². The highest BCUT2D eigenvalue weighted by Gasteiger charge is 2.22. The smallest absolute Gasteiger partial charge is 0.264 e. The summed E-state index contributed by atoms with van der Waals surface area (Å²) in [5.74, 6) is 0.798. The topological polar surface area (TPSA) is 90.4 Å². The van der Waals surface area contributed by atoms with Crippen molar-refractivity contribution in [2.45, 2.75) is 11.8 Å². The molecule has 9 heteroatoms. The molecule has 0 saturated carbocycles. The molecule has 0 bridgehead atoms. The number of nitrogens with one attached hydrogen (secondary N) is 1. The monoisotopic (exact) mass is 391 g/mol. The second-order valence-corrected chi connectivity index (χ2v) is 7.98. The number of hydrogen-bond acceptors (Lipinski definition) is 7. The molecule has 0 unspecified atom stereocenters. The Morgan fingerprint density at radius 2 is 1.65 bits per heavy atom. The molecule has 0 spiro atoms. The lowest BCUT2D eigenvalue weighted by atomic mass is 10.2. The van der Waals surface area contributed by atoms with Gasteiger partial charge in [0, 0.05) is 11.6 Å². The molecule has 3 aromatic rings. The molecule has 0 aliphatic rings. The number of rotatable bonds is 6. The summed E-state index contributed by atoms with van der Waals surface area (Å²) < 4.78 is 38.4. The molecule has 0 aliphatic carbocycles. The van der Waals surface area contributed by atoms with Gasteiger partial charge >= 0.3 is 0 Å². The Kier molecular flexibility index (Phi) is 5.10. The van der Waals surface area contributed by atoms with Crippen molar-refractivity contribution < 1.29 is 17.9 Å². The fourth-order valence-corrected chi connectivity index (χ4v) is 4.61. The molecule has 2 aromatic carbocycles. The maximum Gasteiger partial charge on any atom is 0.264 e. The molecule has 1 heterocycles. The SMILES string of the molecule is COc1cc(C)c(S(=O)(=O)Nc2nnc(-c3ccccc3)s2)cc1OC. The van der Waals surface area contributed by atoms with Crippen LogP contribution in [0.5, 0.6) is 11.5 Å². The Bertz CT molecular complexity index is 1020. The van der Waals surface area contributed by atoms with E-state index >= 15 is 0 Å². The van der Waals surface area contributed by atoms with Crippen molar-refractivity contribution in [2.75, 3.05) is 18.9 Å². The van der Waals surface area contributed by atoms with Crippen LogP contribution in [-0.2, 0) is 10.0 Å². The van der Waals surface area contributed by atoms with Crippen LogP contribution in [0.2, 0.25) is 0 Å². The predicted molar refractivity (Wildman–Crippen MR) is 100 cm³/mol. The van der Waals surface area contributed by atoms with Gasteiger partial charge in [0.05, 0.1) is 19.1 Å². The molecule has 0 radical (unpaired) electrons. The van der Waals surface area contributed by atoms with Gasteiger partial charge in [0.15, 0.2) is 11.5 Å². The molecular weight excluding hydrogens is 374 g/mol. The Labute approximate surface area is 155 Å². The lowest BCUT2D eigenvalue weighted by Crippen LogP contribution is -2.14. The third-order valence-corrected chi connectivity index (χ3v) is 6.14. The number of aromatic nitrogens is 2. The van der Waals surface area contributed by atoms with Crippen molar-refractivity contribution in [1.82, 2.24) is 10.2 Å². The molecule has 0 aliphatic heterocycles. The minimum atomic E-state index is -3.85. The number of ether oxygens (including phenoxy) is 2. The fraction of sp³-hybridized carbons (Fsp3) is 0.176. The van der Waals surface area contributed by atoms with Gasteiger partial charge < -0.3 is 9.47 Å². The van der Waals surface area contributed by atoms with E-state index in [1.54, 1.807) is 13.0 Å². The third kappa shape index (κ3) is 3.63. The van der Waals surface area contributed by atoms with Crippen molar-refractivity contribution >= 4 is 26.5 Å². The van der Waals surface area contributed by atoms with Crippen LogP contribution in [0.4, 0.5) is 5.13 Å². The van der Waals surface area contributed by atoms with Crippen LogP contribution in [0, 0.1) is 6.92 Å². The molecule has 26 heavy (non-hydrogen) atoms. The zero-order chi connectivity index (χ0) is 18.7. The first kappa shape index (κ1) is 18.2. The summed E-state index contributed by atoms with van der Waals surface area (Å²) in [6, 6.07) is 12.5. The average molecular weight is 391 g/mol. The Morgan fingerprint density at radius 3 is 2.31 bits per heavy atom. The number of aryl methyl sites for hydroxylation is 1. The molecule has 1 N–H and O–H groups in total. The van der Waals surface area contributed by atoms with Gasteiger partial charge in [-0.3, -0.25) is 4.72 Å². The zero-order valence-corrected chi connectivity index (χ0v) is 16.0. The van der Waals surface area contributed by atoms with E-state index in [9.17, 15) is 8.42 Å². The summed E-state index contributed by atoms with van der Waals surface area (Å²) in [5.41, 5.74) is 1.40. The van der Waals surface area contributed by atoms with Crippen molar-refractivity contribution in [2.24, 2.45) is 0 Å². The lowest BCUT2D eigenvalue weighted by Gasteiger charge is -2.13. The number of anilines is 1. The summed E-state index contributed by atoms with van der Waals surface area (Å²) in [4.78, 5) is 0.0895. The quantitative estimate of drug-likeness (QED) is 0.693. The van der Waals surface area contributed by atoms with Crippen LogP contribution < -0.4 is 14.2 Å². The molecule has 0 atom stereocenters. The lowest BCUT2D eigenvalue weighted by molar-refractivity contribution is 0.353. The van der Waals surface area contributed by atoms with Gasteiger partial charge in [-0.25, -0.2) is 8.42 Å². The summed E-state index contributed by atoms with van der Waals surface area (Å²) in [6.07, 6.45) is 0. The molecule has 3 rings (SSSR count). The van der Waals surface area contributed by atoms with Crippen molar-refractivity contribution in [3.05, 3.63) is 48.0 Å². The Balaban J connectivity index is 1.92. The van der Waals surface area contributed by atoms with Crippen LogP contribution in [0.25, 0.3) is 10.6 Å². The number of benzene rings is 2. The van der Waals surface area contributed by atoms with Crippen LogP contribution >= 0.6 is 11.3 Å². The van der Waals surface area contributed by atoms with Crippen molar-refractivity contribution in [1.29, 1.82) is 0 Å². The molecular formula is C17H17N3O4S2. The molecule has 0 saturated heterocycles. The average Bonchev–Trinajstić information content (AvgIpc) is 3.09. The molecule has 136 valence electrons. The van der Waals surface area contributed by atoms with Gasteiger partial charge in [-0.2, -0.15) is 0 Å². The largest absolute Gasteiger partial charge is 0.493 e. The first-order valence-corrected chi connectivity index (χ1v) is 9.89. The minimum Gasteiger partial charge on any atom is -0.493 e. The van der Waals surface area contributed by atoms with Crippen LogP contribution in [-0.4, -0.2) is 32.8 Å². The maximum atomic E-state index is 12.8. The van der Waals surface area contributed by atoms with Crippen LogP contribution in [0.3, 0.4) is 0 Å². The van der Waals surface area contributed by atoms with E-state index in [0.717, 1.165) is 16.9 Å². The Hall–Kier alpha value is -2.65. The third-order valence-electron chi connectivity index (χ3n) is 3.64. The summed E-state index contributed by atoms with van der Waals surface area (Å²) in [6.45, 7) is 1.69. The first-order valence-electron chi connectivity index (χ1n) is 7.59. The molecule has 0 amide bonds. The highest BCUT2D eigenvalue weighted by molar-refractivity contribution is 7.93. The van der Waals surface area contributed by atoms with E-state index in [0.29, 0.717) is 22.1 Å². The van der Waals surface area contributed by atoms with Gasteiger partial charge in [-0.15, -0.1) is 10.2 Å². The molecule has 0 fully saturated rings. The second-order valence-electron chi connectivity index (χ2n) is 5.36. The normalized spacial score (nSPS) is 11.2. The highest BCUT2D eigenvalue weighted by atomic mass is 32.2. The van der Waals surface area contributed by atoms with Gasteiger partial charge in [-0.05, 0) is 18.6 Å². The summed E-state index contributed by atoms with van der Waals surface area (Å²) in [7, 11) is -0.900. The van der Waals surface area contributed by atoms with E-state index < -0.39 is 10.0 Å². The van der Waals surface area contributed by atoms with E-state index in [1.807, 2.05) is 30.3 Å². The Morgan fingerprint density at radius 1 is 1.00 bits per heavy atom. The molecule has 1 aromatic heterocycles. The van der Waals surface area contributed by atoms with Gasteiger partial charge in [0.1, 0.15) is 5.01 Å². The van der Waals surface area contributed by atoms with Gasteiger partial charge in [-0.1, -0.05) is 41.7 Å². The van der Waals surface area contributed by atoms with Crippen LogP contribution in [0.1, 0.15) is 5.56 Å². The summed E-state index contributed by atoms with van der Waals surface area (Å²) >= 11 is 1.16. The van der Waals surface area contributed by atoms with E-state index in [4.69, 9.17) is 9.47 Å². The summed E-state index contributed by atoms with van der Waals surface area (Å²) in [5, 5.41) is 8.80. The van der Waals surface area contributed by atoms with Gasteiger partial charge in [0.25, 0.3) is 10.0 Å². The number of methoxy groups -OCH3 is 2. The fourth-order valence-electron chi connectivity index (χ4n) is 2.38. The van der Waals surface area contributed by atoms with E-state index in [2.05, 4.69) is 14.9 Å². The van der Waals surface area contributed by atoms with Crippen LogP contribution in [0.15, 0.2) is 47.4 Å². The molecule has 7 nitrogen and oxygen atoms in total. The number of hydrogen-bond donors (Lipinski definition) is 1. The number of sulfonamides is 1. The van der Waals surface area contributed by atoms with Crippen molar-refractivity contribution in [3.8, 4) is 22.1 Å². The van der Waals surface area contributed by atoms with E-state index in [-0.39, 0.29) is 10.0 Å². The standard InChI is InChI=1S/C17H17N3O4S2/c1-11-9-13(23-2)14(24-3)10-15(11)26(21,22)20-17-19-18-16(25-17)12-7-5-4-6-8-12/h4-10H,1-3H3,(H,19,20). The minimum absolute atomic E-state index is 0.0895. The second kappa shape index (κ2) is 7.30. The highest BCUT2D eigenvalue weighted by Crippen LogP contribution is 2.34. The predicted octanol–water partition coefficient (Wildman–Crippen LogP) is 3.33. The van der Waals surface area contributed by atoms with E-state index in [1.165, 1.54) is 20.3 Å². The zero-order valence-electron chi connectivity index (χ0n) is 14.4. The first-order chi connectivity index (χ1) is 12.4. The number of nitrogens with zero attached hydrogens (tertiary/aromatic N) is 2. The maximum absolute atomic E-state index is 12.8. The van der Waals surface area contributed by atoms with Gasteiger partial charge in [0.2, 0.25) is 5.13 Å².